The Kier molecular flexibility index (Phi) is 51.6. The van der Waals surface area contributed by atoms with Crippen molar-refractivity contribution in [2.24, 2.45) is 0 Å². The van der Waals surface area contributed by atoms with Crippen molar-refractivity contribution in [1.82, 2.24) is 5.32 Å². The van der Waals surface area contributed by atoms with Crippen LogP contribution in [-0.4, -0.2) is 47.4 Å². The molecule has 0 saturated carbocycles. The minimum Gasteiger partial charge on any atom is -0.466 e. The summed E-state index contributed by atoms with van der Waals surface area (Å²) < 4.78 is 5.49. The number of rotatable bonds is 52. The third-order valence-electron chi connectivity index (χ3n) is 13.0. The highest BCUT2D eigenvalue weighted by molar-refractivity contribution is 5.76. The zero-order chi connectivity index (χ0) is 45.8. The molecular weight excluding hydrogens is 779 g/mol. The van der Waals surface area contributed by atoms with Gasteiger partial charge in [-0.25, -0.2) is 0 Å². The van der Waals surface area contributed by atoms with Gasteiger partial charge in [-0.05, 0) is 57.8 Å². The first-order valence-corrected chi connectivity index (χ1v) is 28.1. The van der Waals surface area contributed by atoms with E-state index in [9.17, 15) is 19.8 Å². The van der Waals surface area contributed by atoms with Gasteiger partial charge in [0, 0.05) is 12.8 Å². The molecule has 6 heteroatoms. The second kappa shape index (κ2) is 53.0. The summed E-state index contributed by atoms with van der Waals surface area (Å²) in [6.07, 6.45) is 63.5. The zero-order valence-electron chi connectivity index (χ0n) is 42.3. The average molecular weight is 889 g/mol. The van der Waals surface area contributed by atoms with Crippen LogP contribution in [0.15, 0.2) is 24.3 Å². The van der Waals surface area contributed by atoms with Gasteiger partial charge in [-0.15, -0.1) is 0 Å². The number of allylic oxidation sites excluding steroid dienone is 3. The number of amides is 1. The van der Waals surface area contributed by atoms with Crippen molar-refractivity contribution >= 4 is 11.9 Å². The number of unbranched alkanes of at least 4 members (excludes halogenated alkanes) is 39. The van der Waals surface area contributed by atoms with E-state index in [1.807, 2.05) is 6.08 Å². The summed E-state index contributed by atoms with van der Waals surface area (Å²) in [5, 5.41) is 22.9. The van der Waals surface area contributed by atoms with Gasteiger partial charge in [-0.1, -0.05) is 256 Å². The van der Waals surface area contributed by atoms with Crippen molar-refractivity contribution in [3.63, 3.8) is 0 Å². The number of ether oxygens (including phenoxy) is 1. The van der Waals surface area contributed by atoms with Gasteiger partial charge < -0.3 is 20.3 Å². The van der Waals surface area contributed by atoms with Gasteiger partial charge in [-0.3, -0.25) is 9.59 Å². The van der Waals surface area contributed by atoms with Crippen LogP contribution in [0.3, 0.4) is 0 Å². The van der Waals surface area contributed by atoms with Crippen LogP contribution in [0.5, 0.6) is 0 Å². The van der Waals surface area contributed by atoms with Crippen LogP contribution in [-0.2, 0) is 14.3 Å². The molecule has 0 radical (unpaired) electrons. The number of carbonyl (C=O) groups is 2. The highest BCUT2D eigenvalue weighted by Crippen LogP contribution is 2.16. The second-order valence-corrected chi connectivity index (χ2v) is 19.3. The maximum absolute atomic E-state index is 12.4. The lowest BCUT2D eigenvalue weighted by Gasteiger charge is -2.20. The molecule has 0 aliphatic heterocycles. The van der Waals surface area contributed by atoms with Crippen molar-refractivity contribution in [2.75, 3.05) is 13.2 Å². The summed E-state index contributed by atoms with van der Waals surface area (Å²) in [6, 6.07) is -0.636. The summed E-state index contributed by atoms with van der Waals surface area (Å²) >= 11 is 0. The quantitative estimate of drug-likeness (QED) is 0.0321. The first-order chi connectivity index (χ1) is 31.0. The van der Waals surface area contributed by atoms with Crippen LogP contribution >= 0.6 is 0 Å². The minimum absolute atomic E-state index is 0.00622. The van der Waals surface area contributed by atoms with Gasteiger partial charge in [0.05, 0.1) is 25.4 Å². The Hall–Kier alpha value is -1.66. The first-order valence-electron chi connectivity index (χ1n) is 28.1. The highest BCUT2D eigenvalue weighted by atomic mass is 16.5. The molecule has 0 aliphatic carbocycles. The molecule has 0 saturated heterocycles. The lowest BCUT2D eigenvalue weighted by Crippen LogP contribution is -2.45. The van der Waals surface area contributed by atoms with Gasteiger partial charge >= 0.3 is 5.97 Å². The van der Waals surface area contributed by atoms with E-state index >= 15 is 0 Å². The Morgan fingerprint density at radius 3 is 1.13 bits per heavy atom. The lowest BCUT2D eigenvalue weighted by molar-refractivity contribution is -0.143. The molecule has 2 unspecified atom stereocenters. The molecule has 0 aliphatic rings. The van der Waals surface area contributed by atoms with Crippen LogP contribution in [0.4, 0.5) is 0 Å². The zero-order valence-corrected chi connectivity index (χ0v) is 42.3. The molecule has 0 aromatic heterocycles. The third kappa shape index (κ3) is 49.6. The molecule has 1 amide bonds. The summed E-state index contributed by atoms with van der Waals surface area (Å²) in [7, 11) is 0. The fraction of sp³-hybridized carbons (Fsp3) is 0.895. The number of aliphatic hydroxyl groups excluding tert-OH is 2. The molecule has 0 rings (SSSR count). The molecule has 6 nitrogen and oxygen atoms in total. The van der Waals surface area contributed by atoms with Crippen LogP contribution in [0, 0.1) is 0 Å². The Morgan fingerprint density at radius 1 is 0.429 bits per heavy atom. The molecule has 372 valence electrons. The number of hydrogen-bond donors (Lipinski definition) is 3. The van der Waals surface area contributed by atoms with Crippen LogP contribution in [0.25, 0.3) is 0 Å². The maximum atomic E-state index is 12.4. The summed E-state index contributed by atoms with van der Waals surface area (Å²) in [4.78, 5) is 24.5. The average Bonchev–Trinajstić information content (AvgIpc) is 3.28. The monoisotopic (exact) mass is 888 g/mol. The van der Waals surface area contributed by atoms with Crippen molar-refractivity contribution in [3.8, 4) is 0 Å². The number of esters is 1. The molecule has 0 bridgehead atoms. The largest absolute Gasteiger partial charge is 0.466 e. The Balaban J connectivity index is 3.42. The molecule has 63 heavy (non-hydrogen) atoms. The Morgan fingerprint density at radius 2 is 0.746 bits per heavy atom. The van der Waals surface area contributed by atoms with E-state index in [-0.39, 0.29) is 18.5 Å². The van der Waals surface area contributed by atoms with Gasteiger partial charge in [0.25, 0.3) is 0 Å². The van der Waals surface area contributed by atoms with Crippen LogP contribution in [0.1, 0.15) is 303 Å². The first kappa shape index (κ1) is 61.3. The topological polar surface area (TPSA) is 95.9 Å². The molecular formula is C57H109NO5. The smallest absolute Gasteiger partial charge is 0.305 e. The second-order valence-electron chi connectivity index (χ2n) is 19.3. The number of nitrogens with one attached hydrogen (secondary N) is 1. The molecule has 0 aromatic carbocycles. The van der Waals surface area contributed by atoms with E-state index in [4.69, 9.17) is 4.74 Å². The van der Waals surface area contributed by atoms with Crippen molar-refractivity contribution < 1.29 is 24.5 Å². The Labute approximate surface area is 392 Å². The molecule has 2 atom stereocenters. The molecule has 0 heterocycles. The van der Waals surface area contributed by atoms with E-state index in [0.717, 1.165) is 57.8 Å². The van der Waals surface area contributed by atoms with Crippen molar-refractivity contribution in [2.45, 2.75) is 315 Å². The third-order valence-corrected chi connectivity index (χ3v) is 13.0. The van der Waals surface area contributed by atoms with E-state index in [1.54, 1.807) is 6.08 Å². The standard InChI is InChI=1S/C57H109NO5/c1-3-5-7-9-11-13-15-16-17-18-22-25-28-31-35-39-43-47-51-57(62)63-52-48-44-40-36-32-29-26-23-20-19-21-24-27-30-34-38-42-46-50-56(61)58-54(53-59)55(60)49-45-41-37-33-14-12-10-8-6-4-2/h21,24,45,49,54-55,59-60H,3-20,22-23,25-44,46-48,50-53H2,1-2H3,(H,58,61)/b24-21-,49-45+. The fourth-order valence-corrected chi connectivity index (χ4v) is 8.63. The summed E-state index contributed by atoms with van der Waals surface area (Å²) in [5.74, 6) is -0.0777. The van der Waals surface area contributed by atoms with E-state index in [1.165, 1.54) is 218 Å². The predicted molar refractivity (Wildman–Crippen MR) is 273 cm³/mol. The van der Waals surface area contributed by atoms with Crippen molar-refractivity contribution in [3.05, 3.63) is 24.3 Å². The van der Waals surface area contributed by atoms with Gasteiger partial charge in [-0.2, -0.15) is 0 Å². The number of aliphatic hydroxyl groups is 2. The molecule has 3 N–H and O–H groups in total. The lowest BCUT2D eigenvalue weighted by atomic mass is 10.0. The van der Waals surface area contributed by atoms with Crippen molar-refractivity contribution in [1.29, 1.82) is 0 Å². The predicted octanol–water partition coefficient (Wildman–Crippen LogP) is 17.1. The maximum Gasteiger partial charge on any atom is 0.305 e. The minimum atomic E-state index is -0.851. The number of hydrogen-bond acceptors (Lipinski definition) is 5. The van der Waals surface area contributed by atoms with E-state index < -0.39 is 12.1 Å². The van der Waals surface area contributed by atoms with Gasteiger partial charge in [0.2, 0.25) is 5.91 Å². The molecule has 0 fully saturated rings. The Bertz CT molecular complexity index is 982. The van der Waals surface area contributed by atoms with Gasteiger partial charge in [0.1, 0.15) is 0 Å². The highest BCUT2D eigenvalue weighted by Gasteiger charge is 2.18. The summed E-state index contributed by atoms with van der Waals surface area (Å²) in [5.41, 5.74) is 0. The molecule has 0 spiro atoms. The normalized spacial score (nSPS) is 12.8. The van der Waals surface area contributed by atoms with Crippen LogP contribution < -0.4 is 5.32 Å². The SMILES string of the molecule is CCCCCCCCCC/C=C/C(O)C(CO)NC(=O)CCCCCCC/C=C\CCCCCCCCCCCOC(=O)CCCCCCCCCCCCCCCCCCCC. The van der Waals surface area contributed by atoms with Crippen LogP contribution in [0.2, 0.25) is 0 Å². The van der Waals surface area contributed by atoms with Gasteiger partial charge in [0.15, 0.2) is 0 Å². The number of carbonyl (C=O) groups excluding carboxylic acids is 2. The van der Waals surface area contributed by atoms with E-state index in [2.05, 4.69) is 31.3 Å². The van der Waals surface area contributed by atoms with E-state index in [0.29, 0.717) is 19.4 Å². The molecule has 0 aromatic rings. The fourth-order valence-electron chi connectivity index (χ4n) is 8.63. The summed E-state index contributed by atoms with van der Waals surface area (Å²) in [6.45, 7) is 4.88.